The molecule has 0 bridgehead atoms. The monoisotopic (exact) mass is 906 g/mol. The molecular weight excluding hydrogens is 823 g/mol. The lowest BCUT2D eigenvalue weighted by atomic mass is 9.47. The van der Waals surface area contributed by atoms with Gasteiger partial charge in [0.15, 0.2) is 0 Å². The molecule has 66 heavy (non-hydrogen) atoms. The van der Waals surface area contributed by atoms with Crippen LogP contribution >= 0.6 is 0 Å². The van der Waals surface area contributed by atoms with Gasteiger partial charge in [0.25, 0.3) is 0 Å². The minimum atomic E-state index is -0.802. The summed E-state index contributed by atoms with van der Waals surface area (Å²) < 4.78 is 6.08. The van der Waals surface area contributed by atoms with E-state index < -0.39 is 18.1 Å². The van der Waals surface area contributed by atoms with Gasteiger partial charge in [0, 0.05) is 19.5 Å². The predicted molar refractivity (Wildman–Crippen MR) is 263 cm³/mol. The van der Waals surface area contributed by atoms with Gasteiger partial charge in [-0.15, -0.1) is 0 Å². The number of fused-ring (bicyclic) bond motifs is 5. The molecule has 7 rings (SSSR count). The fraction of sp³-hybridized carbons (Fsp3) is 0.679. The molecule has 2 aromatic carbocycles. The van der Waals surface area contributed by atoms with Crippen LogP contribution in [0, 0.1) is 46.3 Å². The average molecular weight is 906 g/mol. The molecule has 1 heterocycles. The summed E-state index contributed by atoms with van der Waals surface area (Å²) in [6, 6.07) is 17.4. The number of nitrogens with one attached hydrogen (secondary N) is 4. The number of rotatable bonds is 19. The largest absolute Gasteiger partial charge is 0.446 e. The van der Waals surface area contributed by atoms with E-state index in [1.165, 1.54) is 56.9 Å². The van der Waals surface area contributed by atoms with E-state index in [0.29, 0.717) is 50.6 Å². The molecule has 10 heteroatoms. The number of ether oxygens (including phenoxy) is 1. The standard InChI is InChI=1S/C56H83N5O5/c1-37(2)18-16-19-38(3)45-28-29-46-44-27-26-42-36-43(30-32-55(42,5)47(44)31-33-56(45,46)6)66-54(65)58-34-15-14-24-48(59-51(62)39(4)57-7)53(64)61-35-17-25-49(61)52(63)60-50(40-20-10-8-11-21-40)41-22-12-9-13-23-41/h8-13,20-23,26,37-39,43-50,57H,14-19,24-25,27-36H2,1-7H3,(H,58,65)(H,59,62)(H,60,63)/t38-,39+,43+,44?,45-,46?,47?,48+,49+,55+,56-/m1/s1. The molecule has 2 aromatic rings. The number of carbonyl (C=O) groups is 4. The third-order valence-electron chi connectivity index (χ3n) is 17.6. The van der Waals surface area contributed by atoms with Crippen molar-refractivity contribution in [2.24, 2.45) is 46.3 Å². The van der Waals surface area contributed by atoms with Crippen LogP contribution < -0.4 is 21.3 Å². The van der Waals surface area contributed by atoms with E-state index in [2.05, 4.69) is 62.0 Å². The van der Waals surface area contributed by atoms with Crippen molar-refractivity contribution in [2.45, 2.75) is 175 Å². The topological polar surface area (TPSA) is 129 Å². The highest BCUT2D eigenvalue weighted by atomic mass is 16.6. The number of hydrogen-bond donors (Lipinski definition) is 4. The first kappa shape index (κ1) is 49.7. The zero-order valence-electron chi connectivity index (χ0n) is 41.4. The van der Waals surface area contributed by atoms with Crippen LogP contribution in [-0.4, -0.2) is 73.1 Å². The Morgan fingerprint density at radius 2 is 1.50 bits per heavy atom. The molecule has 0 spiro atoms. The minimum Gasteiger partial charge on any atom is -0.446 e. The zero-order valence-corrected chi connectivity index (χ0v) is 41.4. The molecule has 0 aromatic heterocycles. The van der Waals surface area contributed by atoms with E-state index >= 15 is 0 Å². The van der Waals surface area contributed by atoms with Gasteiger partial charge in [0.2, 0.25) is 17.7 Å². The Bertz CT molecular complexity index is 1930. The molecule has 362 valence electrons. The SMILES string of the molecule is CN[C@@H](C)C(=O)N[C@@H](CCCCNC(=O)O[C@H]1CC[C@@]2(C)C(=CCC3C2CC[C@@]2(C)C3CC[C@@H]2[C@H](C)CCCC(C)C)C1)C(=O)N1CCC[C@H]1C(=O)NC(c1ccccc1)c1ccccc1. The van der Waals surface area contributed by atoms with Crippen molar-refractivity contribution < 1.29 is 23.9 Å². The summed E-state index contributed by atoms with van der Waals surface area (Å²) in [4.78, 5) is 56.3. The molecule has 10 nitrogen and oxygen atoms in total. The first-order valence-corrected chi connectivity index (χ1v) is 26.1. The zero-order chi connectivity index (χ0) is 47.0. The number of amides is 4. The Morgan fingerprint density at radius 3 is 2.18 bits per heavy atom. The third-order valence-corrected chi connectivity index (χ3v) is 17.6. The smallest absolute Gasteiger partial charge is 0.407 e. The van der Waals surface area contributed by atoms with Gasteiger partial charge in [-0.3, -0.25) is 14.4 Å². The molecule has 3 unspecified atom stereocenters. The van der Waals surface area contributed by atoms with Gasteiger partial charge in [-0.1, -0.05) is 126 Å². The van der Waals surface area contributed by atoms with Crippen LogP contribution in [0.5, 0.6) is 0 Å². The Kier molecular flexibility index (Phi) is 16.8. The van der Waals surface area contributed by atoms with Crippen molar-refractivity contribution in [2.75, 3.05) is 20.1 Å². The first-order chi connectivity index (χ1) is 31.7. The maximum Gasteiger partial charge on any atom is 0.407 e. The number of nitrogens with zero attached hydrogens (tertiary/aromatic N) is 1. The molecule has 1 aliphatic heterocycles. The van der Waals surface area contributed by atoms with Crippen molar-refractivity contribution in [3.63, 3.8) is 0 Å². The molecule has 3 saturated carbocycles. The number of carbonyl (C=O) groups excluding carboxylic acids is 4. The second-order valence-corrected chi connectivity index (χ2v) is 22.0. The van der Waals surface area contributed by atoms with E-state index in [-0.39, 0.29) is 41.4 Å². The quantitative estimate of drug-likeness (QED) is 0.0821. The molecule has 4 amide bonds. The van der Waals surface area contributed by atoms with Crippen LogP contribution in [-0.2, 0) is 19.1 Å². The molecule has 1 saturated heterocycles. The molecule has 11 atom stereocenters. The van der Waals surface area contributed by atoms with Gasteiger partial charge >= 0.3 is 6.09 Å². The molecule has 4 aliphatic carbocycles. The van der Waals surface area contributed by atoms with E-state index in [1.54, 1.807) is 18.9 Å². The fourth-order valence-corrected chi connectivity index (χ4v) is 13.7. The number of unbranched alkanes of at least 4 members (excludes halogenated alkanes) is 1. The molecule has 0 radical (unpaired) electrons. The summed E-state index contributed by atoms with van der Waals surface area (Å²) in [5, 5.41) is 12.2. The Labute approximate surface area is 397 Å². The number of likely N-dealkylation sites (tertiary alicyclic amines) is 1. The molecule has 4 N–H and O–H groups in total. The predicted octanol–water partition coefficient (Wildman–Crippen LogP) is 10.3. The normalized spacial score (nSPS) is 29.5. The van der Waals surface area contributed by atoms with Crippen molar-refractivity contribution in [1.82, 2.24) is 26.2 Å². The van der Waals surface area contributed by atoms with Crippen LogP contribution in [0.15, 0.2) is 72.3 Å². The van der Waals surface area contributed by atoms with Gasteiger partial charge in [0.05, 0.1) is 12.1 Å². The van der Waals surface area contributed by atoms with Crippen molar-refractivity contribution >= 4 is 23.8 Å². The highest BCUT2D eigenvalue weighted by Crippen LogP contribution is 2.67. The lowest BCUT2D eigenvalue weighted by molar-refractivity contribution is -0.142. The summed E-state index contributed by atoms with van der Waals surface area (Å²) in [6.07, 6.45) is 18.4. The van der Waals surface area contributed by atoms with Crippen LogP contribution in [0.4, 0.5) is 4.79 Å². The Hall–Kier alpha value is -4.18. The first-order valence-electron chi connectivity index (χ1n) is 26.1. The van der Waals surface area contributed by atoms with E-state index in [0.717, 1.165) is 65.9 Å². The lowest BCUT2D eigenvalue weighted by Crippen LogP contribution is -2.55. The van der Waals surface area contributed by atoms with Crippen LogP contribution in [0.1, 0.15) is 161 Å². The van der Waals surface area contributed by atoms with Gasteiger partial charge < -0.3 is 30.9 Å². The second-order valence-electron chi connectivity index (χ2n) is 22.0. The number of likely N-dealkylation sites (N-methyl/N-ethyl adjacent to an activating group) is 1. The Balaban J connectivity index is 0.892. The summed E-state index contributed by atoms with van der Waals surface area (Å²) in [5.74, 6) is 4.05. The summed E-state index contributed by atoms with van der Waals surface area (Å²) in [5.41, 5.74) is 4.10. The summed E-state index contributed by atoms with van der Waals surface area (Å²) >= 11 is 0. The van der Waals surface area contributed by atoms with Crippen LogP contribution in [0.3, 0.4) is 0 Å². The molecular formula is C56H83N5O5. The third kappa shape index (κ3) is 11.2. The average Bonchev–Trinajstić information content (AvgIpc) is 3.95. The molecule has 5 aliphatic rings. The lowest BCUT2D eigenvalue weighted by Gasteiger charge is -2.58. The van der Waals surface area contributed by atoms with E-state index in [1.807, 2.05) is 60.7 Å². The van der Waals surface area contributed by atoms with Gasteiger partial charge in [-0.2, -0.15) is 0 Å². The van der Waals surface area contributed by atoms with E-state index in [4.69, 9.17) is 4.74 Å². The van der Waals surface area contributed by atoms with Gasteiger partial charge in [-0.25, -0.2) is 4.79 Å². The van der Waals surface area contributed by atoms with Gasteiger partial charge in [0.1, 0.15) is 18.2 Å². The second kappa shape index (κ2) is 22.3. The maximum absolute atomic E-state index is 14.3. The van der Waals surface area contributed by atoms with Crippen molar-refractivity contribution in [3.8, 4) is 0 Å². The minimum absolute atomic E-state index is 0.120. The summed E-state index contributed by atoms with van der Waals surface area (Å²) in [7, 11) is 1.71. The number of allylic oxidation sites excluding steroid dienone is 1. The number of alkyl carbamates (subject to hydrolysis) is 1. The fourth-order valence-electron chi connectivity index (χ4n) is 13.7. The van der Waals surface area contributed by atoms with Crippen LogP contribution in [0.25, 0.3) is 0 Å². The molecule has 4 fully saturated rings. The van der Waals surface area contributed by atoms with Gasteiger partial charge in [-0.05, 0) is 148 Å². The number of hydrogen-bond acceptors (Lipinski definition) is 6. The highest BCUT2D eigenvalue weighted by Gasteiger charge is 2.59. The van der Waals surface area contributed by atoms with Crippen molar-refractivity contribution in [1.29, 1.82) is 0 Å². The highest BCUT2D eigenvalue weighted by molar-refractivity contribution is 5.93. The Morgan fingerprint density at radius 1 is 0.788 bits per heavy atom. The van der Waals surface area contributed by atoms with Crippen LogP contribution in [0.2, 0.25) is 0 Å². The maximum atomic E-state index is 14.3. The van der Waals surface area contributed by atoms with Crippen molar-refractivity contribution in [3.05, 3.63) is 83.4 Å². The summed E-state index contributed by atoms with van der Waals surface area (Å²) in [6.45, 7) is 15.1. The van der Waals surface area contributed by atoms with E-state index in [9.17, 15) is 19.2 Å². The number of benzene rings is 2.